The standard InChI is InChI=1S/C34H39N3O11/c1-34(2,3)48-33(43)35-25(18-21-10-12-22(44-4)13-11-21)30(40)37-16-15-36(31(41)26(37)19-28(38)45-5)20-29(39)46-17-14-27-23-8-6-7-9-24(23)32(42)47-27/h6-14,25-26H,15-20H2,1-5H3,(H,35,43)/t25-,26?/m0/s1. The van der Waals surface area contributed by atoms with Gasteiger partial charge >= 0.3 is 24.0 Å². The number of carbonyl (C=O) groups excluding carboxylic acids is 6. The highest BCUT2D eigenvalue weighted by atomic mass is 16.6. The number of benzene rings is 2. The van der Waals surface area contributed by atoms with Crippen molar-refractivity contribution >= 4 is 41.6 Å². The number of nitrogens with one attached hydrogen (secondary N) is 1. The van der Waals surface area contributed by atoms with E-state index in [0.29, 0.717) is 22.4 Å². The summed E-state index contributed by atoms with van der Waals surface area (Å²) >= 11 is 0. The zero-order chi connectivity index (χ0) is 35.0. The summed E-state index contributed by atoms with van der Waals surface area (Å²) in [4.78, 5) is 80.0. The van der Waals surface area contributed by atoms with Crippen LogP contribution in [0.5, 0.6) is 5.75 Å². The summed E-state index contributed by atoms with van der Waals surface area (Å²) < 4.78 is 25.9. The molecule has 14 nitrogen and oxygen atoms in total. The summed E-state index contributed by atoms with van der Waals surface area (Å²) in [6.45, 7) is 4.27. The zero-order valence-electron chi connectivity index (χ0n) is 27.5. The lowest BCUT2D eigenvalue weighted by atomic mass is 10.0. The van der Waals surface area contributed by atoms with Gasteiger partial charge < -0.3 is 38.8 Å². The molecule has 14 heteroatoms. The largest absolute Gasteiger partial charge is 0.497 e. The number of cyclic esters (lactones) is 1. The van der Waals surface area contributed by atoms with Crippen LogP contribution in [0.3, 0.4) is 0 Å². The number of hydrogen-bond acceptors (Lipinski definition) is 11. The quantitative estimate of drug-likeness (QED) is 0.277. The van der Waals surface area contributed by atoms with Crippen LogP contribution in [-0.2, 0) is 44.5 Å². The van der Waals surface area contributed by atoms with Crippen LogP contribution < -0.4 is 10.1 Å². The fraction of sp³-hybridized carbons (Fsp3) is 0.412. The number of alkyl carbamates (subject to hydrolysis) is 1. The van der Waals surface area contributed by atoms with Crippen LogP contribution in [0.1, 0.15) is 48.7 Å². The molecule has 0 spiro atoms. The lowest BCUT2D eigenvalue weighted by molar-refractivity contribution is -0.160. The molecule has 48 heavy (non-hydrogen) atoms. The van der Waals surface area contributed by atoms with Crippen molar-refractivity contribution in [3.05, 3.63) is 71.3 Å². The van der Waals surface area contributed by atoms with E-state index in [-0.39, 0.29) is 31.9 Å². The molecular weight excluding hydrogens is 626 g/mol. The monoisotopic (exact) mass is 665 g/mol. The zero-order valence-corrected chi connectivity index (χ0v) is 27.5. The number of carbonyl (C=O) groups is 6. The molecule has 0 radical (unpaired) electrons. The van der Waals surface area contributed by atoms with Crippen molar-refractivity contribution in [1.29, 1.82) is 0 Å². The summed E-state index contributed by atoms with van der Waals surface area (Å²) in [6.07, 6.45) is 0.173. The lowest BCUT2D eigenvalue weighted by Gasteiger charge is -2.41. The molecule has 2 heterocycles. The van der Waals surface area contributed by atoms with E-state index in [2.05, 4.69) is 5.32 Å². The van der Waals surface area contributed by atoms with E-state index in [0.717, 1.165) is 7.11 Å². The van der Waals surface area contributed by atoms with Crippen LogP contribution >= 0.6 is 0 Å². The molecule has 2 atom stereocenters. The number of hydrogen-bond donors (Lipinski definition) is 1. The molecule has 1 fully saturated rings. The number of amides is 3. The number of methoxy groups -OCH3 is 2. The van der Waals surface area contributed by atoms with Crippen LogP contribution in [0, 0.1) is 0 Å². The first kappa shape index (κ1) is 35.5. The topological polar surface area (TPSA) is 167 Å². The number of fused-ring (bicyclic) bond motifs is 1. The highest BCUT2D eigenvalue weighted by Gasteiger charge is 2.42. The Labute approximate surface area is 277 Å². The molecule has 0 bridgehead atoms. The Hall–Kier alpha value is -5.40. The second-order valence-corrected chi connectivity index (χ2v) is 12.0. The molecule has 4 rings (SSSR count). The minimum Gasteiger partial charge on any atom is -0.497 e. The Morgan fingerprint density at radius 2 is 1.67 bits per heavy atom. The minimum atomic E-state index is -1.32. The highest BCUT2D eigenvalue weighted by Crippen LogP contribution is 2.29. The van der Waals surface area contributed by atoms with Gasteiger partial charge in [-0.15, -0.1) is 0 Å². The Morgan fingerprint density at radius 3 is 2.31 bits per heavy atom. The van der Waals surface area contributed by atoms with Crippen molar-refractivity contribution in [1.82, 2.24) is 15.1 Å². The SMILES string of the molecule is COC(=O)CC1C(=O)N(CC(=O)OCC=C2OC(=O)c3ccccc32)CCN1C(=O)[C@H](Cc1ccc(OC)cc1)NC(=O)OC(C)(C)C. The third kappa shape index (κ3) is 9.11. The molecule has 2 aliphatic rings. The van der Waals surface area contributed by atoms with Crippen molar-refractivity contribution in [2.24, 2.45) is 0 Å². The van der Waals surface area contributed by atoms with Gasteiger partial charge in [0, 0.05) is 25.1 Å². The van der Waals surface area contributed by atoms with Crippen LogP contribution in [0.4, 0.5) is 4.79 Å². The van der Waals surface area contributed by atoms with Gasteiger partial charge in [-0.05, 0) is 50.6 Å². The smallest absolute Gasteiger partial charge is 0.408 e. The molecule has 3 amide bonds. The fourth-order valence-corrected chi connectivity index (χ4v) is 5.19. The number of ether oxygens (including phenoxy) is 5. The van der Waals surface area contributed by atoms with E-state index >= 15 is 0 Å². The number of rotatable bonds is 11. The van der Waals surface area contributed by atoms with Crippen molar-refractivity contribution in [2.45, 2.75) is 51.3 Å². The van der Waals surface area contributed by atoms with E-state index in [1.54, 1.807) is 69.3 Å². The third-order valence-electron chi connectivity index (χ3n) is 7.49. The molecule has 2 aromatic rings. The van der Waals surface area contributed by atoms with Crippen LogP contribution in [-0.4, -0.2) is 104 Å². The van der Waals surface area contributed by atoms with Crippen LogP contribution in [0.25, 0.3) is 5.76 Å². The van der Waals surface area contributed by atoms with Crippen molar-refractivity contribution in [3.63, 3.8) is 0 Å². The molecule has 1 N–H and O–H groups in total. The maximum atomic E-state index is 14.0. The Balaban J connectivity index is 1.47. The average Bonchev–Trinajstić information content (AvgIpc) is 3.36. The molecule has 2 aromatic carbocycles. The summed E-state index contributed by atoms with van der Waals surface area (Å²) in [5, 5.41) is 2.61. The number of esters is 3. The fourth-order valence-electron chi connectivity index (χ4n) is 5.19. The van der Waals surface area contributed by atoms with Gasteiger partial charge in [-0.3, -0.25) is 19.2 Å². The second kappa shape index (κ2) is 15.5. The number of piperazine rings is 1. The van der Waals surface area contributed by atoms with Gasteiger partial charge in [0.2, 0.25) is 11.8 Å². The molecule has 0 saturated carbocycles. The molecule has 256 valence electrons. The van der Waals surface area contributed by atoms with Crippen molar-refractivity contribution in [2.75, 3.05) is 40.5 Å². The maximum absolute atomic E-state index is 14.0. The normalized spacial score (nSPS) is 17.3. The van der Waals surface area contributed by atoms with E-state index in [4.69, 9.17) is 23.7 Å². The van der Waals surface area contributed by atoms with Gasteiger partial charge in [-0.1, -0.05) is 30.3 Å². The first-order valence-electron chi connectivity index (χ1n) is 15.3. The molecule has 2 aliphatic heterocycles. The summed E-state index contributed by atoms with van der Waals surface area (Å²) in [7, 11) is 2.68. The Kier molecular flexibility index (Phi) is 11.4. The first-order valence-corrected chi connectivity index (χ1v) is 15.3. The molecule has 1 unspecified atom stereocenters. The molecular formula is C34H39N3O11. The van der Waals surface area contributed by atoms with E-state index in [9.17, 15) is 28.8 Å². The molecule has 0 aliphatic carbocycles. The highest BCUT2D eigenvalue weighted by molar-refractivity contribution is 6.03. The third-order valence-corrected chi connectivity index (χ3v) is 7.49. The minimum absolute atomic E-state index is 0.0447. The van der Waals surface area contributed by atoms with Gasteiger partial charge in [0.1, 0.15) is 42.3 Å². The van der Waals surface area contributed by atoms with E-state index in [1.807, 2.05) is 0 Å². The summed E-state index contributed by atoms with van der Waals surface area (Å²) in [6, 6.07) is 11.2. The first-order chi connectivity index (χ1) is 22.8. The van der Waals surface area contributed by atoms with Gasteiger partial charge in [0.15, 0.2) is 0 Å². The maximum Gasteiger partial charge on any atom is 0.408 e. The van der Waals surface area contributed by atoms with Gasteiger partial charge in [-0.25, -0.2) is 9.59 Å². The van der Waals surface area contributed by atoms with Gasteiger partial charge in [-0.2, -0.15) is 0 Å². The molecule has 1 saturated heterocycles. The second-order valence-electron chi connectivity index (χ2n) is 12.0. The average molecular weight is 666 g/mol. The lowest BCUT2D eigenvalue weighted by Crippen LogP contribution is -2.63. The predicted octanol–water partition coefficient (Wildman–Crippen LogP) is 2.49. The van der Waals surface area contributed by atoms with E-state index < -0.39 is 66.5 Å². The summed E-state index contributed by atoms with van der Waals surface area (Å²) in [5.74, 6) is -2.45. The Morgan fingerprint density at radius 1 is 0.979 bits per heavy atom. The van der Waals surface area contributed by atoms with E-state index in [1.165, 1.54) is 23.0 Å². The van der Waals surface area contributed by atoms with Crippen molar-refractivity contribution in [3.8, 4) is 5.75 Å². The summed E-state index contributed by atoms with van der Waals surface area (Å²) in [5.41, 5.74) is 0.821. The Bertz CT molecular complexity index is 1580. The van der Waals surface area contributed by atoms with Gasteiger partial charge in [0.25, 0.3) is 0 Å². The van der Waals surface area contributed by atoms with Crippen LogP contribution in [0.2, 0.25) is 0 Å². The number of nitrogens with zero attached hydrogens (tertiary/aromatic N) is 2. The van der Waals surface area contributed by atoms with Gasteiger partial charge in [0.05, 0.1) is 26.2 Å². The van der Waals surface area contributed by atoms with Crippen LogP contribution in [0.15, 0.2) is 54.6 Å². The predicted molar refractivity (Wildman–Crippen MR) is 169 cm³/mol. The van der Waals surface area contributed by atoms with Crippen molar-refractivity contribution < 1.29 is 52.5 Å². The molecule has 0 aromatic heterocycles.